The van der Waals surface area contributed by atoms with E-state index < -0.39 is 19.7 Å². The van der Waals surface area contributed by atoms with Crippen LogP contribution in [0.1, 0.15) is 12.8 Å². The summed E-state index contributed by atoms with van der Waals surface area (Å²) in [6, 6.07) is 4.61. The fraction of sp³-hybridized carbons (Fsp3) is 0.429. The molecule has 0 spiro atoms. The van der Waals surface area contributed by atoms with Gasteiger partial charge in [-0.3, -0.25) is 4.79 Å². The molecule has 130 valence electrons. The molecule has 0 bridgehead atoms. The molecule has 1 fully saturated rings. The van der Waals surface area contributed by atoms with Gasteiger partial charge in [-0.15, -0.1) is 0 Å². The number of sulfone groups is 2. The Bertz CT molecular complexity index is 1010. The van der Waals surface area contributed by atoms with E-state index in [-0.39, 0.29) is 34.6 Å². The predicted molar refractivity (Wildman–Crippen MR) is 92.7 cm³/mol. The molecule has 1 amide bonds. The largest absolute Gasteiger partial charge is 0.302 e. The number of hydrogen-bond donors (Lipinski definition) is 1. The molecular formula is C14H16N2O5S3. The SMILES string of the molecule is CS(=O)(=O)c1ccc2nc(NC(=O)CC3CCS(=O)(=O)C3)sc2c1. The van der Waals surface area contributed by atoms with Crippen LogP contribution in [-0.4, -0.2) is 45.5 Å². The monoisotopic (exact) mass is 388 g/mol. The Morgan fingerprint density at radius 3 is 2.79 bits per heavy atom. The zero-order valence-electron chi connectivity index (χ0n) is 12.9. The summed E-state index contributed by atoms with van der Waals surface area (Å²) in [5, 5.41) is 3.04. The van der Waals surface area contributed by atoms with Gasteiger partial charge < -0.3 is 5.32 Å². The molecule has 1 atom stereocenters. The van der Waals surface area contributed by atoms with E-state index in [9.17, 15) is 21.6 Å². The molecular weight excluding hydrogens is 372 g/mol. The third-order valence-electron chi connectivity index (χ3n) is 3.84. The lowest BCUT2D eigenvalue weighted by molar-refractivity contribution is -0.116. The van der Waals surface area contributed by atoms with Gasteiger partial charge in [-0.2, -0.15) is 0 Å². The van der Waals surface area contributed by atoms with Crippen LogP contribution in [0, 0.1) is 5.92 Å². The lowest BCUT2D eigenvalue weighted by atomic mass is 10.1. The van der Waals surface area contributed by atoms with Gasteiger partial charge in [0.05, 0.1) is 26.6 Å². The Kier molecular flexibility index (Phi) is 4.39. The van der Waals surface area contributed by atoms with Crippen molar-refractivity contribution in [3.05, 3.63) is 18.2 Å². The number of rotatable bonds is 4. The van der Waals surface area contributed by atoms with E-state index >= 15 is 0 Å². The molecule has 1 aromatic heterocycles. The van der Waals surface area contributed by atoms with Crippen LogP contribution in [0.2, 0.25) is 0 Å². The van der Waals surface area contributed by atoms with Gasteiger partial charge >= 0.3 is 0 Å². The number of amides is 1. The van der Waals surface area contributed by atoms with E-state index in [4.69, 9.17) is 0 Å². The van der Waals surface area contributed by atoms with Gasteiger partial charge in [-0.25, -0.2) is 21.8 Å². The van der Waals surface area contributed by atoms with Crippen molar-refractivity contribution in [1.29, 1.82) is 0 Å². The number of carbonyl (C=O) groups is 1. The van der Waals surface area contributed by atoms with Crippen molar-refractivity contribution in [2.45, 2.75) is 17.7 Å². The summed E-state index contributed by atoms with van der Waals surface area (Å²) in [7, 11) is -6.30. The first-order chi connectivity index (χ1) is 11.1. The topological polar surface area (TPSA) is 110 Å². The molecule has 24 heavy (non-hydrogen) atoms. The fourth-order valence-corrected chi connectivity index (χ4v) is 6.16. The maximum atomic E-state index is 12.0. The highest BCUT2D eigenvalue weighted by molar-refractivity contribution is 7.91. The van der Waals surface area contributed by atoms with Gasteiger partial charge in [-0.1, -0.05) is 11.3 Å². The molecule has 2 aromatic rings. The number of carbonyl (C=O) groups excluding carboxylic acids is 1. The Balaban J connectivity index is 1.72. The van der Waals surface area contributed by atoms with E-state index in [1.54, 1.807) is 6.07 Å². The molecule has 0 radical (unpaired) electrons. The summed E-state index contributed by atoms with van der Waals surface area (Å²) in [5.74, 6) is -0.237. The summed E-state index contributed by atoms with van der Waals surface area (Å²) in [5.41, 5.74) is 0.603. The number of anilines is 1. The Morgan fingerprint density at radius 2 is 2.17 bits per heavy atom. The van der Waals surface area contributed by atoms with Crippen molar-refractivity contribution in [2.75, 3.05) is 23.1 Å². The number of hydrogen-bond acceptors (Lipinski definition) is 7. The van der Waals surface area contributed by atoms with E-state index in [0.717, 1.165) is 6.26 Å². The summed E-state index contributed by atoms with van der Waals surface area (Å²) >= 11 is 1.19. The Labute approximate surface area is 143 Å². The van der Waals surface area contributed by atoms with Gasteiger partial charge in [0.25, 0.3) is 0 Å². The zero-order chi connectivity index (χ0) is 17.5. The van der Waals surface area contributed by atoms with Crippen LogP contribution in [0.4, 0.5) is 5.13 Å². The number of benzene rings is 1. The van der Waals surface area contributed by atoms with Gasteiger partial charge in [-0.05, 0) is 30.5 Å². The van der Waals surface area contributed by atoms with E-state index in [1.165, 1.54) is 23.5 Å². The van der Waals surface area contributed by atoms with Crippen LogP contribution in [0.25, 0.3) is 10.2 Å². The van der Waals surface area contributed by atoms with E-state index in [0.29, 0.717) is 21.8 Å². The molecule has 1 saturated heterocycles. The second kappa shape index (κ2) is 6.08. The average molecular weight is 388 g/mol. The zero-order valence-corrected chi connectivity index (χ0v) is 15.3. The molecule has 10 heteroatoms. The normalized spacial score (nSPS) is 20.3. The van der Waals surface area contributed by atoms with Crippen molar-refractivity contribution in [3.63, 3.8) is 0 Å². The van der Waals surface area contributed by atoms with Gasteiger partial charge in [0, 0.05) is 12.7 Å². The van der Waals surface area contributed by atoms with Crippen LogP contribution in [-0.2, 0) is 24.5 Å². The first-order valence-corrected chi connectivity index (χ1v) is 11.8. The van der Waals surface area contributed by atoms with Crippen LogP contribution in [0.15, 0.2) is 23.1 Å². The van der Waals surface area contributed by atoms with Crippen molar-refractivity contribution in [3.8, 4) is 0 Å². The molecule has 2 heterocycles. The molecule has 1 aromatic carbocycles. The second-order valence-electron chi connectivity index (χ2n) is 5.94. The van der Waals surface area contributed by atoms with Crippen molar-refractivity contribution < 1.29 is 21.6 Å². The number of nitrogens with zero attached hydrogens (tertiary/aromatic N) is 1. The molecule has 7 nitrogen and oxygen atoms in total. The first-order valence-electron chi connectivity index (χ1n) is 7.23. The van der Waals surface area contributed by atoms with Crippen molar-refractivity contribution in [2.24, 2.45) is 5.92 Å². The van der Waals surface area contributed by atoms with E-state index in [2.05, 4.69) is 10.3 Å². The number of aromatic nitrogens is 1. The fourth-order valence-electron chi connectivity index (χ4n) is 2.65. The highest BCUT2D eigenvalue weighted by Crippen LogP contribution is 2.29. The maximum Gasteiger partial charge on any atom is 0.226 e. The first kappa shape index (κ1) is 17.3. The Hall–Kier alpha value is -1.52. The van der Waals surface area contributed by atoms with Crippen LogP contribution >= 0.6 is 11.3 Å². The average Bonchev–Trinajstić information content (AvgIpc) is 2.99. The van der Waals surface area contributed by atoms with Crippen molar-refractivity contribution >= 4 is 52.3 Å². The molecule has 1 unspecified atom stereocenters. The lowest BCUT2D eigenvalue weighted by Gasteiger charge is -2.06. The van der Waals surface area contributed by atoms with Crippen LogP contribution in [0.5, 0.6) is 0 Å². The lowest BCUT2D eigenvalue weighted by Crippen LogP contribution is -2.17. The standard InChI is InChI=1S/C14H16N2O5S3/c1-23(18,19)10-2-3-11-12(7-10)22-14(15-11)16-13(17)6-9-4-5-24(20,21)8-9/h2-3,7,9H,4-6,8H2,1H3,(H,15,16,17). The van der Waals surface area contributed by atoms with Crippen molar-refractivity contribution in [1.82, 2.24) is 4.98 Å². The Morgan fingerprint density at radius 1 is 1.42 bits per heavy atom. The minimum absolute atomic E-state index is 0.0536. The molecule has 1 N–H and O–H groups in total. The maximum absolute atomic E-state index is 12.0. The summed E-state index contributed by atoms with van der Waals surface area (Å²) < 4.78 is 46.6. The molecule has 1 aliphatic rings. The highest BCUT2D eigenvalue weighted by atomic mass is 32.2. The highest BCUT2D eigenvalue weighted by Gasteiger charge is 2.29. The molecule has 1 aliphatic heterocycles. The summed E-state index contributed by atoms with van der Waals surface area (Å²) in [4.78, 5) is 16.5. The van der Waals surface area contributed by atoms with Gasteiger partial charge in [0.1, 0.15) is 0 Å². The second-order valence-corrected chi connectivity index (χ2v) is 11.2. The minimum atomic E-state index is -3.30. The summed E-state index contributed by atoms with van der Waals surface area (Å²) in [6.45, 7) is 0. The third-order valence-corrected chi connectivity index (χ3v) is 7.72. The number of nitrogens with one attached hydrogen (secondary N) is 1. The number of thiazole rings is 1. The van der Waals surface area contributed by atoms with Crippen LogP contribution < -0.4 is 5.32 Å². The van der Waals surface area contributed by atoms with Gasteiger partial charge in [0.15, 0.2) is 24.8 Å². The molecule has 3 rings (SSSR count). The summed E-state index contributed by atoms with van der Waals surface area (Å²) in [6.07, 6.45) is 1.78. The van der Waals surface area contributed by atoms with Crippen LogP contribution in [0.3, 0.4) is 0 Å². The van der Waals surface area contributed by atoms with Gasteiger partial charge in [0.2, 0.25) is 5.91 Å². The van der Waals surface area contributed by atoms with E-state index in [1.807, 2.05) is 0 Å². The minimum Gasteiger partial charge on any atom is -0.302 e. The predicted octanol–water partition coefficient (Wildman–Crippen LogP) is 1.46. The smallest absolute Gasteiger partial charge is 0.226 e. The molecule has 0 saturated carbocycles. The third kappa shape index (κ3) is 3.93. The quantitative estimate of drug-likeness (QED) is 0.849. The molecule has 0 aliphatic carbocycles. The number of fused-ring (bicyclic) bond motifs is 1.